The quantitative estimate of drug-likeness (QED) is 0.538. The minimum atomic E-state index is -0.165. The van der Waals surface area contributed by atoms with E-state index in [2.05, 4.69) is 22.9 Å². The normalized spacial score (nSPS) is 35.0. The largest absolute Gasteiger partial charge is 0.464 e. The van der Waals surface area contributed by atoms with Crippen LogP contribution >= 0.6 is 15.9 Å². The molecule has 1 rings (SSSR count). The average molecular weight is 221 g/mol. The molecular formula is C8H13BrO2. The molecule has 0 amide bonds. The predicted octanol–water partition coefficient (Wildman–Crippen LogP) is 1.97. The van der Waals surface area contributed by atoms with Gasteiger partial charge in [0.1, 0.15) is 6.61 Å². The van der Waals surface area contributed by atoms with Gasteiger partial charge in [0.15, 0.2) is 0 Å². The molecule has 1 aliphatic carbocycles. The zero-order valence-electron chi connectivity index (χ0n) is 6.89. The van der Waals surface area contributed by atoms with E-state index in [1.165, 1.54) is 0 Å². The maximum Gasteiger partial charge on any atom is 0.312 e. The summed E-state index contributed by atoms with van der Waals surface area (Å²) in [6.45, 7) is 4.53. The van der Waals surface area contributed by atoms with Gasteiger partial charge in [-0.05, 0) is 19.3 Å². The SMILES string of the molecule is CC1CC1(C)C(=O)OCCBr. The molecule has 0 aromatic rings. The number of halogens is 1. The monoisotopic (exact) mass is 220 g/mol. The average Bonchev–Trinajstić information content (AvgIpc) is 2.56. The summed E-state index contributed by atoms with van der Waals surface area (Å²) in [7, 11) is 0. The van der Waals surface area contributed by atoms with E-state index in [4.69, 9.17) is 4.74 Å². The molecular weight excluding hydrogens is 208 g/mol. The van der Waals surface area contributed by atoms with Crippen LogP contribution in [0.1, 0.15) is 20.3 Å². The van der Waals surface area contributed by atoms with Crippen molar-refractivity contribution in [2.45, 2.75) is 20.3 Å². The first-order chi connectivity index (χ1) is 5.11. The van der Waals surface area contributed by atoms with Gasteiger partial charge in [-0.1, -0.05) is 22.9 Å². The van der Waals surface area contributed by atoms with Gasteiger partial charge in [-0.2, -0.15) is 0 Å². The van der Waals surface area contributed by atoms with Gasteiger partial charge >= 0.3 is 5.97 Å². The van der Waals surface area contributed by atoms with E-state index in [0.717, 1.165) is 11.8 Å². The third-order valence-corrected chi connectivity index (χ3v) is 2.76. The molecule has 1 fully saturated rings. The molecule has 3 heteroatoms. The first-order valence-electron chi connectivity index (χ1n) is 3.84. The minimum Gasteiger partial charge on any atom is -0.464 e. The molecule has 0 aromatic carbocycles. The van der Waals surface area contributed by atoms with Crippen LogP contribution in [0.25, 0.3) is 0 Å². The molecule has 0 bridgehead atoms. The van der Waals surface area contributed by atoms with Crippen LogP contribution in [0, 0.1) is 11.3 Å². The Kier molecular flexibility index (Phi) is 2.58. The summed E-state index contributed by atoms with van der Waals surface area (Å²) >= 11 is 3.20. The van der Waals surface area contributed by atoms with Crippen molar-refractivity contribution in [1.29, 1.82) is 0 Å². The highest BCUT2D eigenvalue weighted by atomic mass is 79.9. The number of carbonyl (C=O) groups is 1. The summed E-state index contributed by atoms with van der Waals surface area (Å²) in [4.78, 5) is 11.3. The number of carbonyl (C=O) groups excluding carboxylic acids is 1. The van der Waals surface area contributed by atoms with Crippen molar-refractivity contribution in [1.82, 2.24) is 0 Å². The zero-order chi connectivity index (χ0) is 8.48. The van der Waals surface area contributed by atoms with Crippen LogP contribution in [0.15, 0.2) is 0 Å². The van der Waals surface area contributed by atoms with Crippen molar-refractivity contribution < 1.29 is 9.53 Å². The highest BCUT2D eigenvalue weighted by Gasteiger charge is 2.54. The van der Waals surface area contributed by atoms with Crippen LogP contribution in [0.2, 0.25) is 0 Å². The Morgan fingerprint density at radius 2 is 2.36 bits per heavy atom. The van der Waals surface area contributed by atoms with Crippen LogP contribution < -0.4 is 0 Å². The van der Waals surface area contributed by atoms with E-state index in [1.54, 1.807) is 0 Å². The lowest BCUT2D eigenvalue weighted by Crippen LogP contribution is -2.18. The molecule has 0 saturated heterocycles. The van der Waals surface area contributed by atoms with Gasteiger partial charge in [0.2, 0.25) is 0 Å². The molecule has 2 atom stereocenters. The van der Waals surface area contributed by atoms with E-state index >= 15 is 0 Å². The van der Waals surface area contributed by atoms with Crippen LogP contribution in [0.4, 0.5) is 0 Å². The maximum absolute atomic E-state index is 11.3. The Morgan fingerprint density at radius 1 is 1.82 bits per heavy atom. The maximum atomic E-state index is 11.3. The van der Waals surface area contributed by atoms with Gasteiger partial charge < -0.3 is 4.74 Å². The van der Waals surface area contributed by atoms with Gasteiger partial charge in [-0.3, -0.25) is 4.79 Å². The minimum absolute atomic E-state index is 0.0375. The first-order valence-corrected chi connectivity index (χ1v) is 4.96. The van der Waals surface area contributed by atoms with E-state index in [1.807, 2.05) is 6.92 Å². The summed E-state index contributed by atoms with van der Waals surface area (Å²) in [6.07, 6.45) is 0.980. The fraction of sp³-hybridized carbons (Fsp3) is 0.875. The van der Waals surface area contributed by atoms with Crippen molar-refractivity contribution in [3.63, 3.8) is 0 Å². The Bertz CT molecular complexity index is 169. The molecule has 0 spiro atoms. The van der Waals surface area contributed by atoms with Gasteiger partial charge in [0.25, 0.3) is 0 Å². The smallest absolute Gasteiger partial charge is 0.312 e. The Balaban J connectivity index is 2.31. The molecule has 0 aromatic heterocycles. The zero-order valence-corrected chi connectivity index (χ0v) is 8.48. The highest BCUT2D eigenvalue weighted by molar-refractivity contribution is 9.09. The van der Waals surface area contributed by atoms with Crippen molar-refractivity contribution >= 4 is 21.9 Å². The van der Waals surface area contributed by atoms with Crippen molar-refractivity contribution in [3.8, 4) is 0 Å². The van der Waals surface area contributed by atoms with Gasteiger partial charge in [0, 0.05) is 5.33 Å². The number of esters is 1. The second-order valence-electron chi connectivity index (χ2n) is 3.35. The van der Waals surface area contributed by atoms with Gasteiger partial charge in [0.05, 0.1) is 5.41 Å². The second kappa shape index (κ2) is 3.13. The lowest BCUT2D eigenvalue weighted by Gasteiger charge is -2.08. The van der Waals surface area contributed by atoms with E-state index in [0.29, 0.717) is 12.5 Å². The van der Waals surface area contributed by atoms with E-state index < -0.39 is 0 Å². The Labute approximate surface area is 75.4 Å². The first kappa shape index (κ1) is 9.04. The topological polar surface area (TPSA) is 26.3 Å². The second-order valence-corrected chi connectivity index (χ2v) is 4.14. The molecule has 11 heavy (non-hydrogen) atoms. The predicted molar refractivity (Wildman–Crippen MR) is 46.6 cm³/mol. The van der Waals surface area contributed by atoms with Crippen molar-refractivity contribution in [2.75, 3.05) is 11.9 Å². The van der Waals surface area contributed by atoms with E-state index in [-0.39, 0.29) is 11.4 Å². The molecule has 2 nitrogen and oxygen atoms in total. The highest BCUT2D eigenvalue weighted by Crippen LogP contribution is 2.52. The van der Waals surface area contributed by atoms with Gasteiger partial charge in [-0.25, -0.2) is 0 Å². The summed E-state index contributed by atoms with van der Waals surface area (Å²) < 4.78 is 5.00. The Morgan fingerprint density at radius 3 is 2.73 bits per heavy atom. The molecule has 1 aliphatic rings. The molecule has 0 heterocycles. The lowest BCUT2D eigenvalue weighted by atomic mass is 10.1. The molecule has 2 unspecified atom stereocenters. The molecule has 0 radical (unpaired) electrons. The lowest BCUT2D eigenvalue weighted by molar-refractivity contribution is -0.149. The van der Waals surface area contributed by atoms with Crippen molar-refractivity contribution in [3.05, 3.63) is 0 Å². The van der Waals surface area contributed by atoms with Crippen LogP contribution in [-0.2, 0) is 9.53 Å². The molecule has 1 saturated carbocycles. The number of rotatable bonds is 3. The summed E-state index contributed by atoms with van der Waals surface area (Å²) in [5.41, 5.74) is -0.165. The number of hydrogen-bond donors (Lipinski definition) is 0. The standard InChI is InChI=1S/C8H13BrO2/c1-6-5-8(6,2)7(10)11-4-3-9/h6H,3-5H2,1-2H3. The fourth-order valence-corrected chi connectivity index (χ4v) is 1.32. The van der Waals surface area contributed by atoms with Crippen LogP contribution in [0.5, 0.6) is 0 Å². The number of hydrogen-bond acceptors (Lipinski definition) is 2. The summed E-state index contributed by atoms with van der Waals surface area (Å²) in [5.74, 6) is 0.467. The molecule has 64 valence electrons. The molecule has 0 N–H and O–H groups in total. The Hall–Kier alpha value is -0.0500. The van der Waals surface area contributed by atoms with E-state index in [9.17, 15) is 4.79 Å². The fourth-order valence-electron chi connectivity index (χ4n) is 1.16. The number of ether oxygens (including phenoxy) is 1. The van der Waals surface area contributed by atoms with Crippen LogP contribution in [-0.4, -0.2) is 17.9 Å². The van der Waals surface area contributed by atoms with Crippen molar-refractivity contribution in [2.24, 2.45) is 11.3 Å². The number of alkyl halides is 1. The summed E-state index contributed by atoms with van der Waals surface area (Å²) in [5, 5.41) is 0.725. The van der Waals surface area contributed by atoms with Crippen LogP contribution in [0.3, 0.4) is 0 Å². The molecule has 0 aliphatic heterocycles. The van der Waals surface area contributed by atoms with Gasteiger partial charge in [-0.15, -0.1) is 0 Å². The summed E-state index contributed by atoms with van der Waals surface area (Å²) in [6, 6.07) is 0. The third kappa shape index (κ3) is 1.75. The third-order valence-electron chi connectivity index (χ3n) is 2.43.